The first-order chi connectivity index (χ1) is 7.08. The predicted octanol–water partition coefficient (Wildman–Crippen LogP) is 2.05. The van der Waals surface area contributed by atoms with E-state index in [2.05, 4.69) is 5.32 Å². The van der Waals surface area contributed by atoms with E-state index in [1.54, 1.807) is 24.3 Å². The number of anilines is 1. The van der Waals surface area contributed by atoms with Gasteiger partial charge in [-0.15, -0.1) is 0 Å². The second kappa shape index (κ2) is 5.31. The molecule has 0 aliphatic heterocycles. The molecule has 0 saturated carbocycles. The Kier molecular flexibility index (Phi) is 4.05. The van der Waals surface area contributed by atoms with E-state index in [1.165, 1.54) is 0 Å². The summed E-state index contributed by atoms with van der Waals surface area (Å²) in [7, 11) is 0. The first-order valence-electron chi connectivity index (χ1n) is 4.36. The first-order valence-corrected chi connectivity index (χ1v) is 4.77. The van der Waals surface area contributed by atoms with E-state index >= 15 is 0 Å². The topological polar surface area (TPSA) is 66.4 Å². The van der Waals surface area contributed by atoms with Gasteiger partial charge in [-0.25, -0.2) is 0 Å². The van der Waals surface area contributed by atoms with Crippen LogP contribution in [0.2, 0.25) is 0 Å². The largest absolute Gasteiger partial charge is 0.481 e. The lowest BCUT2D eigenvalue weighted by molar-refractivity contribution is -0.138. The van der Waals surface area contributed by atoms with Gasteiger partial charge in [0.1, 0.15) is 0 Å². The molecule has 15 heavy (non-hydrogen) atoms. The molecule has 0 aliphatic carbocycles. The standard InChI is InChI=1S/C10H10NO3S/c12-9(5-6-10(13)14)11-7-1-3-8(15)4-2-7/h1-4H,5-6H2,(H,11,12)(H,13,14). The number of amides is 1. The van der Waals surface area contributed by atoms with Gasteiger partial charge in [0, 0.05) is 17.0 Å². The summed E-state index contributed by atoms with van der Waals surface area (Å²) in [6.07, 6.45) is -0.185. The Labute approximate surface area is 92.7 Å². The third-order valence-electron chi connectivity index (χ3n) is 1.70. The minimum atomic E-state index is -0.981. The highest BCUT2D eigenvalue weighted by molar-refractivity contribution is 7.80. The van der Waals surface area contributed by atoms with E-state index in [0.717, 1.165) is 0 Å². The van der Waals surface area contributed by atoms with Gasteiger partial charge in [-0.3, -0.25) is 9.59 Å². The summed E-state index contributed by atoms with van der Waals surface area (Å²) in [5, 5.41) is 10.9. The van der Waals surface area contributed by atoms with Crippen LogP contribution >= 0.6 is 12.6 Å². The van der Waals surface area contributed by atoms with Crippen molar-refractivity contribution in [2.45, 2.75) is 17.7 Å². The van der Waals surface area contributed by atoms with Gasteiger partial charge in [0.25, 0.3) is 0 Å². The molecule has 0 aliphatic rings. The molecule has 5 heteroatoms. The summed E-state index contributed by atoms with van der Waals surface area (Å²) >= 11 is 4.88. The van der Waals surface area contributed by atoms with Gasteiger partial charge < -0.3 is 10.4 Å². The van der Waals surface area contributed by atoms with Crippen molar-refractivity contribution >= 4 is 30.2 Å². The molecule has 0 saturated heterocycles. The van der Waals surface area contributed by atoms with Gasteiger partial charge in [-0.05, 0) is 24.3 Å². The molecule has 0 heterocycles. The number of carbonyl (C=O) groups excluding carboxylic acids is 1. The molecule has 1 aromatic rings. The molecule has 0 fully saturated rings. The summed E-state index contributed by atoms with van der Waals surface area (Å²) < 4.78 is 0. The quantitative estimate of drug-likeness (QED) is 0.822. The highest BCUT2D eigenvalue weighted by atomic mass is 32.1. The maximum atomic E-state index is 11.2. The number of aliphatic carboxylic acids is 1. The second-order valence-electron chi connectivity index (χ2n) is 2.97. The molecule has 1 radical (unpaired) electrons. The van der Waals surface area contributed by atoms with Gasteiger partial charge in [-0.1, -0.05) is 12.6 Å². The predicted molar refractivity (Wildman–Crippen MR) is 57.8 cm³/mol. The molecule has 1 rings (SSSR count). The first kappa shape index (κ1) is 11.5. The lowest BCUT2D eigenvalue weighted by Gasteiger charge is -2.03. The normalized spacial score (nSPS) is 9.60. The highest BCUT2D eigenvalue weighted by Gasteiger charge is 2.05. The van der Waals surface area contributed by atoms with Gasteiger partial charge >= 0.3 is 5.97 Å². The molecule has 79 valence electrons. The molecule has 1 aromatic carbocycles. The Morgan fingerprint density at radius 1 is 1.20 bits per heavy atom. The van der Waals surface area contributed by atoms with Crippen LogP contribution in [0.3, 0.4) is 0 Å². The zero-order valence-electron chi connectivity index (χ0n) is 7.90. The Bertz CT molecular complexity index is 361. The lowest BCUT2D eigenvalue weighted by atomic mass is 10.2. The highest BCUT2D eigenvalue weighted by Crippen LogP contribution is 2.12. The average Bonchev–Trinajstić information content (AvgIpc) is 2.19. The number of carboxylic acid groups (broad SMARTS) is 1. The van der Waals surface area contributed by atoms with Gasteiger partial charge in [-0.2, -0.15) is 0 Å². The summed E-state index contributed by atoms with van der Waals surface area (Å²) in [5.41, 5.74) is 0.624. The molecule has 0 bridgehead atoms. The van der Waals surface area contributed by atoms with E-state index in [-0.39, 0.29) is 18.7 Å². The summed E-state index contributed by atoms with van der Waals surface area (Å²) in [4.78, 5) is 22.1. The Hall–Kier alpha value is -1.62. The van der Waals surface area contributed by atoms with Crippen molar-refractivity contribution in [1.29, 1.82) is 0 Å². The number of rotatable bonds is 4. The van der Waals surface area contributed by atoms with Crippen LogP contribution in [0.1, 0.15) is 12.8 Å². The zero-order valence-corrected chi connectivity index (χ0v) is 8.71. The monoisotopic (exact) mass is 224 g/mol. The van der Waals surface area contributed by atoms with Crippen LogP contribution in [0.15, 0.2) is 29.2 Å². The molecule has 0 atom stereocenters. The molecule has 1 amide bonds. The van der Waals surface area contributed by atoms with Gasteiger partial charge in [0.2, 0.25) is 5.91 Å². The van der Waals surface area contributed by atoms with Crippen LogP contribution in [-0.2, 0) is 9.59 Å². The summed E-state index contributed by atoms with van der Waals surface area (Å²) in [6, 6.07) is 6.76. The van der Waals surface area contributed by atoms with Gasteiger partial charge in [0.05, 0.1) is 6.42 Å². The maximum Gasteiger partial charge on any atom is 0.303 e. The van der Waals surface area contributed by atoms with Crippen LogP contribution in [0.25, 0.3) is 0 Å². The van der Waals surface area contributed by atoms with E-state index < -0.39 is 5.97 Å². The van der Waals surface area contributed by atoms with E-state index in [4.69, 9.17) is 17.7 Å². The SMILES string of the molecule is O=C(O)CCC(=O)Nc1ccc([S])cc1. The van der Waals surface area contributed by atoms with Crippen LogP contribution in [0, 0.1) is 0 Å². The van der Waals surface area contributed by atoms with Crippen molar-refractivity contribution < 1.29 is 14.7 Å². The zero-order chi connectivity index (χ0) is 11.3. The fourth-order valence-corrected chi connectivity index (χ4v) is 1.12. The minimum absolute atomic E-state index is 0.0229. The summed E-state index contributed by atoms with van der Waals surface area (Å²) in [5.74, 6) is -1.29. The lowest BCUT2D eigenvalue weighted by Crippen LogP contribution is -2.12. The molecule has 0 spiro atoms. The number of carboxylic acids is 1. The van der Waals surface area contributed by atoms with Crippen LogP contribution in [0.5, 0.6) is 0 Å². The van der Waals surface area contributed by atoms with Crippen molar-refractivity contribution in [1.82, 2.24) is 0 Å². The van der Waals surface area contributed by atoms with Crippen LogP contribution in [-0.4, -0.2) is 17.0 Å². The molecule has 4 nitrogen and oxygen atoms in total. The number of nitrogens with one attached hydrogen (secondary N) is 1. The van der Waals surface area contributed by atoms with Crippen molar-refractivity contribution in [2.24, 2.45) is 0 Å². The van der Waals surface area contributed by atoms with E-state index in [1.807, 2.05) is 0 Å². The third-order valence-corrected chi connectivity index (χ3v) is 1.98. The van der Waals surface area contributed by atoms with Crippen molar-refractivity contribution in [3.8, 4) is 0 Å². The minimum Gasteiger partial charge on any atom is -0.481 e. The third kappa shape index (κ3) is 4.42. The van der Waals surface area contributed by atoms with Crippen LogP contribution < -0.4 is 5.32 Å². The van der Waals surface area contributed by atoms with Gasteiger partial charge in [0.15, 0.2) is 0 Å². The van der Waals surface area contributed by atoms with E-state index in [0.29, 0.717) is 10.6 Å². The second-order valence-corrected chi connectivity index (χ2v) is 3.44. The summed E-state index contributed by atoms with van der Waals surface area (Å²) in [6.45, 7) is 0. The molecule has 0 aromatic heterocycles. The van der Waals surface area contributed by atoms with Crippen molar-refractivity contribution in [2.75, 3.05) is 5.32 Å². The number of carbonyl (C=O) groups is 2. The number of hydrogen-bond acceptors (Lipinski definition) is 2. The smallest absolute Gasteiger partial charge is 0.303 e. The molecular weight excluding hydrogens is 214 g/mol. The Balaban J connectivity index is 2.44. The van der Waals surface area contributed by atoms with E-state index in [9.17, 15) is 9.59 Å². The number of benzene rings is 1. The molecular formula is C10H10NO3S. The molecule has 0 unspecified atom stereocenters. The number of hydrogen-bond donors (Lipinski definition) is 2. The van der Waals surface area contributed by atoms with Crippen LogP contribution in [0.4, 0.5) is 5.69 Å². The maximum absolute atomic E-state index is 11.2. The molecule has 2 N–H and O–H groups in total. The average molecular weight is 224 g/mol. The van der Waals surface area contributed by atoms with Crippen molar-refractivity contribution in [3.05, 3.63) is 24.3 Å². The Morgan fingerprint density at radius 3 is 2.33 bits per heavy atom. The fourth-order valence-electron chi connectivity index (χ4n) is 0.982. The van der Waals surface area contributed by atoms with Crippen molar-refractivity contribution in [3.63, 3.8) is 0 Å². The fraction of sp³-hybridized carbons (Fsp3) is 0.200. The Morgan fingerprint density at radius 2 is 1.80 bits per heavy atom.